The number of esters is 1. The Morgan fingerprint density at radius 2 is 1.60 bits per heavy atom. The zero-order chi connectivity index (χ0) is 30.9. The van der Waals surface area contributed by atoms with Crippen LogP contribution in [0.2, 0.25) is 0 Å². The quantitative estimate of drug-likeness (QED) is 0.235. The minimum Gasteiger partial charge on any atom is -0.511 e. The molecular weight excluding hydrogens is 544 g/mol. The molecule has 0 radical (unpaired) electrons. The number of hydrogen-bond donors (Lipinski definition) is 4. The van der Waals surface area contributed by atoms with Crippen LogP contribution in [0.5, 0.6) is 5.75 Å². The van der Waals surface area contributed by atoms with Gasteiger partial charge >= 0.3 is 5.97 Å². The largest absolute Gasteiger partial charge is 0.511 e. The molecular formula is C32H30O10. The number of rotatable bonds is 5. The first kappa shape index (κ1) is 28.9. The van der Waals surface area contributed by atoms with Crippen molar-refractivity contribution < 1.29 is 49.1 Å². The lowest BCUT2D eigenvalue weighted by Gasteiger charge is -2.56. The lowest BCUT2D eigenvalue weighted by molar-refractivity contribution is -0.159. The lowest BCUT2D eigenvalue weighted by Crippen LogP contribution is -2.63. The molecule has 0 aromatic heterocycles. The van der Waals surface area contributed by atoms with Crippen molar-refractivity contribution >= 4 is 29.1 Å². The average molecular weight is 575 g/mol. The number of allylic oxidation sites excluding steroid dienone is 2. The maximum absolute atomic E-state index is 14.0. The number of aliphatic hydroxyl groups excluding tert-OH is 2. The molecule has 42 heavy (non-hydrogen) atoms. The number of Topliss-reactive ketones (excluding diaryl/α,β-unsaturated/α-hetero) is 4. The van der Waals surface area contributed by atoms with Crippen LogP contribution in [-0.4, -0.2) is 62.2 Å². The number of carbonyl (C=O) groups is 5. The molecule has 3 aliphatic rings. The predicted octanol–water partition coefficient (Wildman–Crippen LogP) is 3.42. The Balaban J connectivity index is 1.63. The molecule has 0 unspecified atom stereocenters. The highest BCUT2D eigenvalue weighted by Crippen LogP contribution is 2.62. The fourth-order valence-electron chi connectivity index (χ4n) is 7.10. The highest BCUT2D eigenvalue weighted by molar-refractivity contribution is 6.34. The van der Waals surface area contributed by atoms with Gasteiger partial charge in [0, 0.05) is 29.2 Å². The fraction of sp³-hybridized carbons (Fsp3) is 0.344. The number of benzene rings is 2. The van der Waals surface area contributed by atoms with Crippen molar-refractivity contribution in [3.05, 3.63) is 75.8 Å². The highest BCUT2D eigenvalue weighted by atomic mass is 16.5. The molecule has 0 spiro atoms. The Hall–Kier alpha value is -4.57. The van der Waals surface area contributed by atoms with Gasteiger partial charge < -0.3 is 25.2 Å². The molecule has 0 fully saturated rings. The number of carbonyl (C=O) groups excluding carboxylic acids is 5. The van der Waals surface area contributed by atoms with E-state index in [0.29, 0.717) is 22.3 Å². The molecule has 0 saturated carbocycles. The van der Waals surface area contributed by atoms with Gasteiger partial charge in [-0.25, -0.2) is 4.79 Å². The minimum absolute atomic E-state index is 0.00820. The summed E-state index contributed by atoms with van der Waals surface area (Å²) in [5, 5.41) is 44.7. The normalized spacial score (nSPS) is 26.8. The number of phenols is 1. The summed E-state index contributed by atoms with van der Waals surface area (Å²) in [7, 11) is 1.13. The number of aromatic hydroxyl groups is 1. The average Bonchev–Trinajstić information content (AvgIpc) is 2.90. The van der Waals surface area contributed by atoms with Crippen LogP contribution in [0.1, 0.15) is 55.1 Å². The van der Waals surface area contributed by atoms with E-state index >= 15 is 0 Å². The van der Waals surface area contributed by atoms with Crippen LogP contribution in [-0.2, 0) is 36.8 Å². The molecule has 3 atom stereocenters. The third kappa shape index (κ3) is 3.93. The van der Waals surface area contributed by atoms with Gasteiger partial charge in [-0.3, -0.25) is 19.2 Å². The van der Waals surface area contributed by atoms with E-state index in [-0.39, 0.29) is 42.6 Å². The number of hydrogen-bond acceptors (Lipinski definition) is 10. The summed E-state index contributed by atoms with van der Waals surface area (Å²) in [5.74, 6) is -6.06. The highest BCUT2D eigenvalue weighted by Gasteiger charge is 2.67. The summed E-state index contributed by atoms with van der Waals surface area (Å²) in [6.07, 6.45) is -0.316. The summed E-state index contributed by atoms with van der Waals surface area (Å²) >= 11 is 0. The minimum atomic E-state index is -2.63. The standard InChI is InChI=1S/C32H30O10/c1-15(33)23-22(36)13-31(3)14-30(2)12-19-18(17-7-5-16(6-8-17)11-21(35)29(40)42-4)9-10-20(34)24(19)26(37)25(30)28(39)32(31,41)27(23)38/h5-10,34,36,39,41H,11-14H2,1-4H3/t30-,31+,32+/m0/s1. The molecule has 0 aliphatic heterocycles. The van der Waals surface area contributed by atoms with E-state index in [1.165, 1.54) is 13.0 Å². The van der Waals surface area contributed by atoms with Gasteiger partial charge in [0.25, 0.3) is 0 Å². The zero-order valence-electron chi connectivity index (χ0n) is 23.5. The molecule has 10 nitrogen and oxygen atoms in total. The number of ether oxygens (including phenoxy) is 1. The number of fused-ring (bicyclic) bond motifs is 3. The van der Waals surface area contributed by atoms with Gasteiger partial charge in [-0.2, -0.15) is 0 Å². The molecule has 0 saturated heterocycles. The number of methoxy groups -OCH3 is 1. The van der Waals surface area contributed by atoms with Crippen LogP contribution in [0.4, 0.5) is 0 Å². The van der Waals surface area contributed by atoms with Crippen LogP contribution >= 0.6 is 0 Å². The van der Waals surface area contributed by atoms with Gasteiger partial charge in [-0.15, -0.1) is 0 Å². The van der Waals surface area contributed by atoms with Crippen molar-refractivity contribution in [3.63, 3.8) is 0 Å². The number of aliphatic hydroxyl groups is 3. The van der Waals surface area contributed by atoms with Crippen LogP contribution in [0.25, 0.3) is 11.1 Å². The third-order valence-corrected chi connectivity index (χ3v) is 8.95. The van der Waals surface area contributed by atoms with Crippen molar-refractivity contribution in [1.29, 1.82) is 0 Å². The Labute approximate surface area is 240 Å². The van der Waals surface area contributed by atoms with Crippen molar-refractivity contribution in [1.82, 2.24) is 0 Å². The van der Waals surface area contributed by atoms with Gasteiger partial charge in [0.15, 0.2) is 17.2 Å². The molecule has 0 amide bonds. The van der Waals surface area contributed by atoms with Crippen molar-refractivity contribution in [2.75, 3.05) is 7.11 Å². The molecule has 2 aromatic carbocycles. The van der Waals surface area contributed by atoms with E-state index in [9.17, 15) is 44.4 Å². The van der Waals surface area contributed by atoms with E-state index < -0.39 is 62.6 Å². The number of phenolic OH excluding ortho intramolecular Hbond substituents is 1. The van der Waals surface area contributed by atoms with Gasteiger partial charge in [-0.1, -0.05) is 44.2 Å². The smallest absolute Gasteiger partial charge is 0.374 e. The molecule has 5 rings (SSSR count). The summed E-state index contributed by atoms with van der Waals surface area (Å²) in [4.78, 5) is 63.1. The fourth-order valence-corrected chi connectivity index (χ4v) is 7.10. The topological polar surface area (TPSA) is 175 Å². The SMILES string of the molecule is COC(=O)C(=O)Cc1ccc(-c2ccc(O)c3c2C[C@@]2(C)C[C@@]4(C)CC(O)=C(C(C)=O)C(=O)[C@@]4(O)C(O)=C2C3=O)cc1. The van der Waals surface area contributed by atoms with E-state index in [0.717, 1.165) is 14.0 Å². The molecule has 218 valence electrons. The van der Waals surface area contributed by atoms with Gasteiger partial charge in [0.1, 0.15) is 22.8 Å². The Morgan fingerprint density at radius 3 is 2.19 bits per heavy atom. The maximum atomic E-state index is 14.0. The molecule has 2 aromatic rings. The van der Waals surface area contributed by atoms with E-state index in [1.807, 2.05) is 0 Å². The van der Waals surface area contributed by atoms with E-state index in [2.05, 4.69) is 4.74 Å². The summed E-state index contributed by atoms with van der Waals surface area (Å²) in [6.45, 7) is 4.30. The Bertz CT molecular complexity index is 1680. The monoisotopic (exact) mass is 574 g/mol. The van der Waals surface area contributed by atoms with Crippen molar-refractivity contribution in [2.24, 2.45) is 10.8 Å². The molecule has 3 aliphatic carbocycles. The molecule has 0 bridgehead atoms. The van der Waals surface area contributed by atoms with Crippen molar-refractivity contribution in [3.8, 4) is 16.9 Å². The van der Waals surface area contributed by atoms with Gasteiger partial charge in [0.2, 0.25) is 11.6 Å². The second-order valence-electron chi connectivity index (χ2n) is 11.9. The van der Waals surface area contributed by atoms with Gasteiger partial charge in [0.05, 0.1) is 12.7 Å². The van der Waals surface area contributed by atoms with Crippen molar-refractivity contribution in [2.45, 2.75) is 52.1 Å². The summed E-state index contributed by atoms with van der Waals surface area (Å²) < 4.78 is 4.46. The first-order valence-electron chi connectivity index (χ1n) is 13.3. The first-order chi connectivity index (χ1) is 19.6. The lowest BCUT2D eigenvalue weighted by atomic mass is 9.48. The van der Waals surface area contributed by atoms with E-state index in [1.54, 1.807) is 37.3 Å². The molecule has 0 heterocycles. The van der Waals surface area contributed by atoms with Crippen LogP contribution < -0.4 is 0 Å². The van der Waals surface area contributed by atoms with Crippen LogP contribution in [0, 0.1) is 10.8 Å². The Kier molecular flexibility index (Phi) is 6.54. The third-order valence-electron chi connectivity index (χ3n) is 8.95. The Morgan fingerprint density at radius 1 is 0.952 bits per heavy atom. The van der Waals surface area contributed by atoms with E-state index in [4.69, 9.17) is 0 Å². The van der Waals surface area contributed by atoms with Crippen LogP contribution in [0.15, 0.2) is 59.1 Å². The molecule has 4 N–H and O–H groups in total. The van der Waals surface area contributed by atoms with Crippen LogP contribution in [0.3, 0.4) is 0 Å². The zero-order valence-corrected chi connectivity index (χ0v) is 23.5. The first-order valence-corrected chi connectivity index (χ1v) is 13.3. The predicted molar refractivity (Wildman–Crippen MR) is 148 cm³/mol. The maximum Gasteiger partial charge on any atom is 0.374 e. The molecule has 10 heteroatoms. The van der Waals surface area contributed by atoms with Gasteiger partial charge in [-0.05, 0) is 48.1 Å². The number of ketones is 4. The summed E-state index contributed by atoms with van der Waals surface area (Å²) in [6, 6.07) is 9.74. The second kappa shape index (κ2) is 9.49. The second-order valence-corrected chi connectivity index (χ2v) is 11.9. The summed E-state index contributed by atoms with van der Waals surface area (Å²) in [5.41, 5.74) is -3.83.